The Kier molecular flexibility index (Phi) is 26.2. The number of rotatable bonds is 0. The van der Waals surface area contributed by atoms with E-state index in [0.29, 0.717) is 0 Å². The van der Waals surface area contributed by atoms with Crippen molar-refractivity contribution < 1.29 is 30.0 Å². The maximum atomic E-state index is 8.12. The van der Waals surface area contributed by atoms with Crippen LogP contribution in [-0.2, 0) is 30.0 Å². The Hall–Kier alpha value is 0.0423. The average molecular weight is 150 g/mol. The van der Waals surface area contributed by atoms with Crippen molar-refractivity contribution >= 4 is 6.15 Å². The van der Waals surface area contributed by atoms with Gasteiger partial charge in [0.15, 0.2) is 0 Å². The van der Waals surface area contributed by atoms with Gasteiger partial charge in [-0.2, -0.15) is 9.59 Å². The Morgan fingerprint density at radius 3 is 1.25 bits per heavy atom. The summed E-state index contributed by atoms with van der Waals surface area (Å²) in [6.07, 6.45) is 0.250. The van der Waals surface area contributed by atoms with Gasteiger partial charge in [-0.05, 0) is 0 Å². The molecular formula is CO2Pd. The second-order valence-electron chi connectivity index (χ2n) is 0.0833. The Labute approximate surface area is 36.8 Å². The molecule has 0 rings (SSSR count). The monoisotopic (exact) mass is 150 g/mol. The Morgan fingerprint density at radius 2 is 1.25 bits per heavy atom. The van der Waals surface area contributed by atoms with Crippen LogP contribution in [0.5, 0.6) is 0 Å². The van der Waals surface area contributed by atoms with Crippen LogP contribution in [0.15, 0.2) is 0 Å². The molecule has 0 bridgehead atoms. The van der Waals surface area contributed by atoms with Crippen molar-refractivity contribution in [1.29, 1.82) is 0 Å². The van der Waals surface area contributed by atoms with Gasteiger partial charge in [-0.1, -0.05) is 0 Å². The van der Waals surface area contributed by atoms with Gasteiger partial charge >= 0.3 is 6.15 Å². The standard InChI is InChI=1S/CO2.Pd/c2-1-3;. The molecule has 0 unspecified atom stereocenters. The summed E-state index contributed by atoms with van der Waals surface area (Å²) in [4.78, 5) is 16.2. The number of carbonyl (C=O) groups excluding carboxylic acids is 2. The van der Waals surface area contributed by atoms with Crippen LogP contribution in [0.2, 0.25) is 0 Å². The summed E-state index contributed by atoms with van der Waals surface area (Å²) in [7, 11) is 0. The quantitative estimate of drug-likeness (QED) is 0.433. The fraction of sp³-hybridized carbons (Fsp3) is 0. The molecular weight excluding hydrogens is 150 g/mol. The average Bonchev–Trinajstić information content (AvgIpc) is 0.918. The molecule has 0 aliphatic carbocycles. The summed E-state index contributed by atoms with van der Waals surface area (Å²) in [5.41, 5.74) is 0. The first-order chi connectivity index (χ1) is 1.41. The molecule has 0 radical (unpaired) electrons. The van der Waals surface area contributed by atoms with Crippen LogP contribution < -0.4 is 0 Å². The van der Waals surface area contributed by atoms with Crippen molar-refractivity contribution in [1.82, 2.24) is 0 Å². The maximum Gasteiger partial charge on any atom is 0.373 e. The fourth-order valence-corrected chi connectivity index (χ4v) is 0. The van der Waals surface area contributed by atoms with E-state index in [1.54, 1.807) is 0 Å². The molecule has 26 valence electrons. The van der Waals surface area contributed by atoms with Gasteiger partial charge in [0.05, 0.1) is 0 Å². The summed E-state index contributed by atoms with van der Waals surface area (Å²) in [6.45, 7) is 0. The van der Waals surface area contributed by atoms with Crippen LogP contribution in [0.3, 0.4) is 0 Å². The third-order valence-corrected chi connectivity index (χ3v) is 0. The van der Waals surface area contributed by atoms with Crippen molar-refractivity contribution in [3.05, 3.63) is 0 Å². The van der Waals surface area contributed by atoms with Crippen molar-refractivity contribution in [2.24, 2.45) is 0 Å². The van der Waals surface area contributed by atoms with Crippen molar-refractivity contribution in [3.63, 3.8) is 0 Å². The summed E-state index contributed by atoms with van der Waals surface area (Å²) >= 11 is 0. The molecule has 0 saturated carbocycles. The van der Waals surface area contributed by atoms with Gasteiger partial charge in [-0.25, -0.2) is 0 Å². The third kappa shape index (κ3) is 1240. The molecule has 0 N–H and O–H groups in total. The molecule has 0 aliphatic rings. The second kappa shape index (κ2) is 11.7. The molecule has 2 nitrogen and oxygen atoms in total. The van der Waals surface area contributed by atoms with Gasteiger partial charge in [-0.15, -0.1) is 0 Å². The van der Waals surface area contributed by atoms with E-state index in [-0.39, 0.29) is 26.6 Å². The fourth-order valence-electron chi connectivity index (χ4n) is 0. The van der Waals surface area contributed by atoms with Gasteiger partial charge < -0.3 is 0 Å². The molecule has 3 heteroatoms. The Bertz CT molecular complexity index is 27.0. The normalized spacial score (nSPS) is 2.00. The van der Waals surface area contributed by atoms with Crippen molar-refractivity contribution in [3.8, 4) is 0 Å². The van der Waals surface area contributed by atoms with E-state index in [1.165, 1.54) is 0 Å². The molecule has 0 aromatic rings. The third-order valence-electron chi connectivity index (χ3n) is 0. The Morgan fingerprint density at radius 1 is 1.25 bits per heavy atom. The molecule has 0 heterocycles. The van der Waals surface area contributed by atoms with E-state index in [4.69, 9.17) is 9.59 Å². The molecule has 0 atom stereocenters. The first kappa shape index (κ1) is 8.97. The van der Waals surface area contributed by atoms with E-state index in [9.17, 15) is 0 Å². The largest absolute Gasteiger partial charge is 0.373 e. The topological polar surface area (TPSA) is 34.1 Å². The molecule has 0 fully saturated rings. The summed E-state index contributed by atoms with van der Waals surface area (Å²) in [5.74, 6) is 0. The summed E-state index contributed by atoms with van der Waals surface area (Å²) < 4.78 is 0. The number of hydrogen-bond donors (Lipinski definition) is 0. The molecule has 0 amide bonds. The summed E-state index contributed by atoms with van der Waals surface area (Å²) in [5, 5.41) is 0. The van der Waals surface area contributed by atoms with Crippen LogP contribution in [0.1, 0.15) is 0 Å². The van der Waals surface area contributed by atoms with Crippen molar-refractivity contribution in [2.75, 3.05) is 0 Å². The second-order valence-corrected chi connectivity index (χ2v) is 0.0833. The van der Waals surface area contributed by atoms with Gasteiger partial charge in [0.2, 0.25) is 0 Å². The van der Waals surface area contributed by atoms with E-state index in [2.05, 4.69) is 0 Å². The predicted octanol–water partition coefficient (Wildman–Crippen LogP) is -0.586. The van der Waals surface area contributed by atoms with E-state index >= 15 is 0 Å². The molecule has 0 aliphatic heterocycles. The number of hydrogen-bond acceptors (Lipinski definition) is 2. The minimum Gasteiger partial charge on any atom is -0.186 e. The minimum atomic E-state index is 0. The van der Waals surface area contributed by atoms with Crippen LogP contribution in [0, 0.1) is 0 Å². The molecule has 0 spiro atoms. The zero-order valence-corrected chi connectivity index (χ0v) is 3.19. The van der Waals surface area contributed by atoms with Crippen molar-refractivity contribution in [2.45, 2.75) is 0 Å². The first-order valence-electron chi connectivity index (χ1n) is 0.408. The smallest absolute Gasteiger partial charge is 0.186 e. The van der Waals surface area contributed by atoms with Gasteiger partial charge in [0, 0.05) is 20.4 Å². The van der Waals surface area contributed by atoms with Crippen LogP contribution >= 0.6 is 0 Å². The van der Waals surface area contributed by atoms with E-state index in [1.807, 2.05) is 0 Å². The van der Waals surface area contributed by atoms with E-state index in [0.717, 1.165) is 0 Å². The molecule has 0 aromatic heterocycles. The van der Waals surface area contributed by atoms with Gasteiger partial charge in [-0.3, -0.25) is 0 Å². The van der Waals surface area contributed by atoms with Crippen LogP contribution in [0.4, 0.5) is 0 Å². The predicted molar refractivity (Wildman–Crippen MR) is 5.01 cm³/mol. The SMILES string of the molecule is O=C=O.[Pd]. The molecule has 0 aromatic carbocycles. The molecule has 4 heavy (non-hydrogen) atoms. The zero-order valence-electron chi connectivity index (χ0n) is 1.63. The first-order valence-corrected chi connectivity index (χ1v) is 0.408. The minimum absolute atomic E-state index is 0. The Balaban J connectivity index is 0. The van der Waals surface area contributed by atoms with Gasteiger partial charge in [0.1, 0.15) is 0 Å². The summed E-state index contributed by atoms with van der Waals surface area (Å²) in [6, 6.07) is 0. The maximum absolute atomic E-state index is 8.12. The van der Waals surface area contributed by atoms with Gasteiger partial charge in [0.25, 0.3) is 0 Å². The zero-order chi connectivity index (χ0) is 2.71. The molecule has 0 saturated heterocycles. The van der Waals surface area contributed by atoms with Crippen LogP contribution in [0.25, 0.3) is 0 Å². The van der Waals surface area contributed by atoms with E-state index < -0.39 is 0 Å². The van der Waals surface area contributed by atoms with Crippen LogP contribution in [-0.4, -0.2) is 6.15 Å².